The van der Waals surface area contributed by atoms with Crippen molar-refractivity contribution in [1.29, 1.82) is 0 Å². The molecule has 32 heavy (non-hydrogen) atoms. The molecule has 2 aromatic carbocycles. The number of imidazole rings is 1. The highest BCUT2D eigenvalue weighted by Crippen LogP contribution is 2.31. The SMILES string of the molecule is Cc1cnc2nc(-c3ccc(CN)cc3)[nH]c2c1N1CCN(Cc2ccc(Cl)cc2)CC1. The van der Waals surface area contributed by atoms with Gasteiger partial charge in [0.05, 0.1) is 5.69 Å². The minimum Gasteiger partial charge on any atom is -0.367 e. The van der Waals surface area contributed by atoms with E-state index in [1.165, 1.54) is 11.3 Å². The van der Waals surface area contributed by atoms with Crippen molar-refractivity contribution < 1.29 is 0 Å². The van der Waals surface area contributed by atoms with Crippen LogP contribution in [0.2, 0.25) is 5.02 Å². The van der Waals surface area contributed by atoms with Gasteiger partial charge in [0, 0.05) is 56.1 Å². The van der Waals surface area contributed by atoms with Gasteiger partial charge in [-0.05, 0) is 35.7 Å². The molecular formula is C25H27ClN6. The molecule has 0 aliphatic carbocycles. The van der Waals surface area contributed by atoms with E-state index in [1.807, 2.05) is 30.5 Å². The van der Waals surface area contributed by atoms with Crippen LogP contribution >= 0.6 is 11.6 Å². The fourth-order valence-corrected chi connectivity index (χ4v) is 4.49. The molecule has 1 fully saturated rings. The molecule has 4 aromatic rings. The number of nitrogens with two attached hydrogens (primary N) is 1. The molecule has 0 bridgehead atoms. The molecule has 0 atom stereocenters. The van der Waals surface area contributed by atoms with Crippen LogP contribution in [0.4, 0.5) is 5.69 Å². The Balaban J connectivity index is 1.36. The number of H-pyrrole nitrogens is 1. The number of piperazine rings is 1. The lowest BCUT2D eigenvalue weighted by atomic mass is 10.1. The summed E-state index contributed by atoms with van der Waals surface area (Å²) in [5, 5.41) is 0.782. The van der Waals surface area contributed by atoms with Crippen LogP contribution in [0.25, 0.3) is 22.6 Å². The number of nitrogens with zero attached hydrogens (tertiary/aromatic N) is 4. The molecule has 1 saturated heterocycles. The van der Waals surface area contributed by atoms with Crippen molar-refractivity contribution in [3.05, 3.63) is 76.4 Å². The molecule has 1 aliphatic rings. The summed E-state index contributed by atoms with van der Waals surface area (Å²) in [6, 6.07) is 16.3. The van der Waals surface area contributed by atoms with E-state index in [9.17, 15) is 0 Å². The largest absolute Gasteiger partial charge is 0.367 e. The van der Waals surface area contributed by atoms with E-state index in [1.54, 1.807) is 0 Å². The highest BCUT2D eigenvalue weighted by molar-refractivity contribution is 6.30. The average molecular weight is 447 g/mol. The smallest absolute Gasteiger partial charge is 0.180 e. The van der Waals surface area contributed by atoms with Crippen LogP contribution in [-0.4, -0.2) is 46.0 Å². The fraction of sp³-hybridized carbons (Fsp3) is 0.280. The average Bonchev–Trinajstić information content (AvgIpc) is 3.25. The van der Waals surface area contributed by atoms with Gasteiger partial charge in [-0.1, -0.05) is 48.0 Å². The molecule has 5 rings (SSSR count). The van der Waals surface area contributed by atoms with Crippen molar-refractivity contribution in [2.45, 2.75) is 20.0 Å². The zero-order chi connectivity index (χ0) is 22.1. The third-order valence-corrected chi connectivity index (χ3v) is 6.40. The van der Waals surface area contributed by atoms with E-state index in [2.05, 4.69) is 51.0 Å². The predicted molar refractivity (Wildman–Crippen MR) is 131 cm³/mol. The Labute approximate surface area is 193 Å². The van der Waals surface area contributed by atoms with Crippen molar-refractivity contribution >= 4 is 28.5 Å². The molecule has 0 amide bonds. The number of rotatable bonds is 5. The number of aromatic amines is 1. The maximum atomic E-state index is 6.02. The first-order chi connectivity index (χ1) is 15.6. The van der Waals surface area contributed by atoms with Gasteiger partial charge in [0.15, 0.2) is 5.65 Å². The first kappa shape index (κ1) is 20.9. The Morgan fingerprint density at radius 1 is 0.969 bits per heavy atom. The summed E-state index contributed by atoms with van der Waals surface area (Å²) in [5.41, 5.74) is 13.3. The monoisotopic (exact) mass is 446 g/mol. The number of hydrogen-bond acceptors (Lipinski definition) is 5. The van der Waals surface area contributed by atoms with Gasteiger partial charge in [0.1, 0.15) is 11.3 Å². The molecule has 3 heterocycles. The van der Waals surface area contributed by atoms with Gasteiger partial charge < -0.3 is 15.6 Å². The topological polar surface area (TPSA) is 74.1 Å². The van der Waals surface area contributed by atoms with Crippen LogP contribution in [-0.2, 0) is 13.1 Å². The number of nitrogens with one attached hydrogen (secondary N) is 1. The van der Waals surface area contributed by atoms with Crippen LogP contribution in [0.1, 0.15) is 16.7 Å². The molecule has 0 unspecified atom stereocenters. The minimum absolute atomic E-state index is 0.537. The van der Waals surface area contributed by atoms with Crippen molar-refractivity contribution in [2.75, 3.05) is 31.1 Å². The Morgan fingerprint density at radius 2 is 1.66 bits per heavy atom. The molecule has 0 saturated carbocycles. The maximum absolute atomic E-state index is 6.02. The summed E-state index contributed by atoms with van der Waals surface area (Å²) in [7, 11) is 0. The molecule has 1 aliphatic heterocycles. The second kappa shape index (κ2) is 8.90. The number of pyridine rings is 1. The molecule has 0 spiro atoms. The van der Waals surface area contributed by atoms with Crippen molar-refractivity contribution in [1.82, 2.24) is 19.9 Å². The lowest BCUT2D eigenvalue weighted by Crippen LogP contribution is -2.46. The molecule has 0 radical (unpaired) electrons. The van der Waals surface area contributed by atoms with Gasteiger partial charge in [-0.15, -0.1) is 0 Å². The Hall–Kier alpha value is -2.93. The molecular weight excluding hydrogens is 420 g/mol. The van der Waals surface area contributed by atoms with Crippen LogP contribution in [0.15, 0.2) is 54.7 Å². The first-order valence-electron chi connectivity index (χ1n) is 11.0. The van der Waals surface area contributed by atoms with Crippen molar-refractivity contribution in [3.8, 4) is 11.4 Å². The Kier molecular flexibility index (Phi) is 5.83. The summed E-state index contributed by atoms with van der Waals surface area (Å²) in [6.07, 6.45) is 1.93. The van der Waals surface area contributed by atoms with Crippen LogP contribution in [0.3, 0.4) is 0 Å². The van der Waals surface area contributed by atoms with Crippen molar-refractivity contribution in [2.24, 2.45) is 5.73 Å². The number of aryl methyl sites for hydroxylation is 1. The highest BCUT2D eigenvalue weighted by Gasteiger charge is 2.22. The highest BCUT2D eigenvalue weighted by atomic mass is 35.5. The zero-order valence-corrected chi connectivity index (χ0v) is 18.9. The van der Waals surface area contributed by atoms with Crippen LogP contribution < -0.4 is 10.6 Å². The van der Waals surface area contributed by atoms with Gasteiger partial charge in [-0.2, -0.15) is 0 Å². The Bertz CT molecular complexity index is 1210. The van der Waals surface area contributed by atoms with E-state index in [0.29, 0.717) is 6.54 Å². The minimum atomic E-state index is 0.537. The number of anilines is 1. The lowest BCUT2D eigenvalue weighted by Gasteiger charge is -2.36. The summed E-state index contributed by atoms with van der Waals surface area (Å²) in [4.78, 5) is 17.8. The molecule has 164 valence electrons. The third-order valence-electron chi connectivity index (χ3n) is 6.15. The van der Waals surface area contributed by atoms with Gasteiger partial charge in [-0.25, -0.2) is 9.97 Å². The number of aromatic nitrogens is 3. The van der Waals surface area contributed by atoms with E-state index >= 15 is 0 Å². The first-order valence-corrected chi connectivity index (χ1v) is 11.3. The number of benzene rings is 2. The summed E-state index contributed by atoms with van der Waals surface area (Å²) in [6.45, 7) is 7.55. The summed E-state index contributed by atoms with van der Waals surface area (Å²) < 4.78 is 0. The second-order valence-electron chi connectivity index (χ2n) is 8.36. The van der Waals surface area contributed by atoms with Gasteiger partial charge in [0.25, 0.3) is 0 Å². The van der Waals surface area contributed by atoms with Gasteiger partial charge >= 0.3 is 0 Å². The molecule has 6 nitrogen and oxygen atoms in total. The second-order valence-corrected chi connectivity index (χ2v) is 8.80. The third kappa shape index (κ3) is 4.21. The lowest BCUT2D eigenvalue weighted by molar-refractivity contribution is 0.250. The molecule has 2 aromatic heterocycles. The van der Waals surface area contributed by atoms with E-state index in [0.717, 1.165) is 71.4 Å². The Morgan fingerprint density at radius 3 is 2.34 bits per heavy atom. The van der Waals surface area contributed by atoms with Crippen LogP contribution in [0, 0.1) is 6.92 Å². The van der Waals surface area contributed by atoms with Crippen molar-refractivity contribution in [3.63, 3.8) is 0 Å². The van der Waals surface area contributed by atoms with Gasteiger partial charge in [-0.3, -0.25) is 4.90 Å². The number of fused-ring (bicyclic) bond motifs is 1. The normalized spacial score (nSPS) is 14.9. The van der Waals surface area contributed by atoms with Crippen LogP contribution in [0.5, 0.6) is 0 Å². The quantitative estimate of drug-likeness (QED) is 0.476. The molecule has 3 N–H and O–H groups in total. The standard InChI is InChI=1S/C25H27ClN6/c1-17-15-28-25-22(29-24(30-25)20-6-2-18(14-27)3-7-20)23(17)32-12-10-31(11-13-32)16-19-4-8-21(26)9-5-19/h2-9,15H,10-14,16,27H2,1H3,(H,28,29,30). The van der Waals surface area contributed by atoms with E-state index in [4.69, 9.17) is 22.3 Å². The number of halogens is 1. The molecule has 7 heteroatoms. The zero-order valence-electron chi connectivity index (χ0n) is 18.2. The fourth-order valence-electron chi connectivity index (χ4n) is 4.36. The predicted octanol–water partition coefficient (Wildman–Crippen LogP) is 4.37. The van der Waals surface area contributed by atoms with E-state index in [-0.39, 0.29) is 0 Å². The van der Waals surface area contributed by atoms with E-state index < -0.39 is 0 Å². The summed E-state index contributed by atoms with van der Waals surface area (Å²) in [5.74, 6) is 0.837. The summed E-state index contributed by atoms with van der Waals surface area (Å²) >= 11 is 6.02. The van der Waals surface area contributed by atoms with Gasteiger partial charge in [0.2, 0.25) is 0 Å². The number of hydrogen-bond donors (Lipinski definition) is 2. The maximum Gasteiger partial charge on any atom is 0.180 e.